The van der Waals surface area contributed by atoms with Crippen molar-refractivity contribution in [2.24, 2.45) is 0 Å². The first kappa shape index (κ1) is 25.1. The number of carbonyl (C=O) groups is 1. The van der Waals surface area contributed by atoms with Gasteiger partial charge in [0.2, 0.25) is 0 Å². The molecule has 1 N–H and O–H groups in total. The summed E-state index contributed by atoms with van der Waals surface area (Å²) in [6, 6.07) is 30.8. The summed E-state index contributed by atoms with van der Waals surface area (Å²) in [5.74, 6) is 0.971. The van der Waals surface area contributed by atoms with Gasteiger partial charge in [0.15, 0.2) is 0 Å². The minimum absolute atomic E-state index is 0.109. The second-order valence-electron chi connectivity index (χ2n) is 9.89. The lowest BCUT2D eigenvalue weighted by molar-refractivity contribution is 0.180. The third kappa shape index (κ3) is 4.74. The topological polar surface area (TPSA) is 55.1 Å². The van der Waals surface area contributed by atoms with Gasteiger partial charge >= 0.3 is 6.03 Å². The van der Waals surface area contributed by atoms with Crippen molar-refractivity contribution < 1.29 is 4.79 Å². The van der Waals surface area contributed by atoms with Crippen molar-refractivity contribution in [3.8, 4) is 11.5 Å². The first-order chi connectivity index (χ1) is 19.0. The van der Waals surface area contributed by atoms with Crippen LogP contribution in [0.4, 0.5) is 4.79 Å². The van der Waals surface area contributed by atoms with Crippen LogP contribution in [0.25, 0.3) is 11.5 Å². The number of nitrogens with one attached hydrogen (secondary N) is 1. The molecule has 1 aliphatic heterocycles. The lowest BCUT2D eigenvalue weighted by Crippen LogP contribution is -2.41. The number of benzene rings is 3. The molecule has 6 rings (SSSR count). The molecule has 0 spiro atoms. The fraction of sp³-hybridized carbons (Fsp3) is 0.188. The molecule has 0 saturated carbocycles. The largest absolute Gasteiger partial charge is 0.334 e. The normalized spacial score (nSPS) is 14.4. The highest BCUT2D eigenvalue weighted by Gasteiger charge is 2.35. The van der Waals surface area contributed by atoms with Crippen molar-refractivity contribution in [3.63, 3.8) is 0 Å². The van der Waals surface area contributed by atoms with Crippen molar-refractivity contribution in [2.75, 3.05) is 6.26 Å². The monoisotopic (exact) mass is 533 g/mol. The molecule has 0 bridgehead atoms. The average Bonchev–Trinajstić information content (AvgIpc) is 3.53. The Morgan fingerprint density at radius 1 is 0.949 bits per heavy atom. The van der Waals surface area contributed by atoms with E-state index < -0.39 is 0 Å². The molecule has 0 fully saturated rings. The van der Waals surface area contributed by atoms with E-state index in [2.05, 4.69) is 96.0 Å². The predicted molar refractivity (Wildman–Crippen MR) is 157 cm³/mol. The van der Waals surface area contributed by atoms with Crippen molar-refractivity contribution in [1.82, 2.24) is 24.6 Å². The van der Waals surface area contributed by atoms with Crippen LogP contribution in [0.5, 0.6) is 0 Å². The van der Waals surface area contributed by atoms with E-state index in [0.29, 0.717) is 13.1 Å². The zero-order valence-corrected chi connectivity index (χ0v) is 23.2. The molecule has 1 aliphatic rings. The molecule has 39 heavy (non-hydrogen) atoms. The van der Waals surface area contributed by atoms with Gasteiger partial charge in [-0.1, -0.05) is 60.2 Å². The van der Waals surface area contributed by atoms with Crippen LogP contribution in [0.3, 0.4) is 0 Å². The van der Waals surface area contributed by atoms with E-state index in [1.165, 1.54) is 10.5 Å². The minimum atomic E-state index is -0.273. The van der Waals surface area contributed by atoms with Crippen LogP contribution in [-0.4, -0.2) is 31.5 Å². The lowest BCUT2D eigenvalue weighted by Gasteiger charge is -2.31. The third-order valence-electron chi connectivity index (χ3n) is 7.34. The van der Waals surface area contributed by atoms with Gasteiger partial charge in [-0.2, -0.15) is 5.10 Å². The lowest BCUT2D eigenvalue weighted by atomic mass is 10.0. The molecule has 6 nitrogen and oxygen atoms in total. The molecule has 5 aromatic rings. The van der Waals surface area contributed by atoms with E-state index >= 15 is 0 Å². The van der Waals surface area contributed by atoms with E-state index in [-0.39, 0.29) is 12.1 Å². The maximum absolute atomic E-state index is 14.0. The van der Waals surface area contributed by atoms with E-state index in [0.717, 1.165) is 39.6 Å². The summed E-state index contributed by atoms with van der Waals surface area (Å²) >= 11 is 1.71. The van der Waals surface area contributed by atoms with E-state index in [4.69, 9.17) is 5.10 Å². The molecule has 7 heteroatoms. The molecular formula is C32H31N5OS. The summed E-state index contributed by atoms with van der Waals surface area (Å²) in [6.07, 6.45) is 4.15. The number of aromatic nitrogens is 3. The molecular weight excluding hydrogens is 502 g/mol. The number of carbonyl (C=O) groups excluding carboxylic acids is 1. The highest BCUT2D eigenvalue weighted by atomic mass is 32.2. The first-order valence-corrected chi connectivity index (χ1v) is 14.3. The summed E-state index contributed by atoms with van der Waals surface area (Å²) in [5.41, 5.74) is 7.29. The highest BCUT2D eigenvalue weighted by Crippen LogP contribution is 2.38. The second kappa shape index (κ2) is 10.5. The molecule has 3 aromatic carbocycles. The van der Waals surface area contributed by atoms with Gasteiger partial charge in [-0.3, -0.25) is 0 Å². The van der Waals surface area contributed by atoms with E-state index in [9.17, 15) is 4.79 Å². The Morgan fingerprint density at radius 3 is 2.41 bits per heavy atom. The van der Waals surface area contributed by atoms with Gasteiger partial charge in [0.25, 0.3) is 0 Å². The fourth-order valence-electron chi connectivity index (χ4n) is 5.27. The maximum atomic E-state index is 14.0. The number of urea groups is 1. The molecule has 0 saturated heterocycles. The molecule has 0 unspecified atom stereocenters. The number of rotatable bonds is 5. The van der Waals surface area contributed by atoms with Gasteiger partial charge in [-0.05, 0) is 67.6 Å². The molecule has 2 aromatic heterocycles. The zero-order chi connectivity index (χ0) is 26.9. The molecule has 0 aliphatic carbocycles. The van der Waals surface area contributed by atoms with Crippen LogP contribution >= 0.6 is 11.8 Å². The molecule has 0 radical (unpaired) electrons. The van der Waals surface area contributed by atoms with Crippen molar-refractivity contribution in [3.05, 3.63) is 131 Å². The molecule has 196 valence electrons. The standard InChI is InChI=1S/C32H31N5OS/c1-22-11-13-24(14-12-22)20-33-32(38)36-21-28-23(2)34-37(26-8-5-4-6-9-26)31(28)35-19-7-10-29(35)30(36)25-15-17-27(39-3)18-16-25/h4-19,30H,20-21H2,1-3H3,(H,33,38)/t30-/m1/s1. The van der Waals surface area contributed by atoms with Crippen LogP contribution in [-0.2, 0) is 13.1 Å². The minimum Gasteiger partial charge on any atom is -0.334 e. The van der Waals surface area contributed by atoms with Crippen molar-refractivity contribution in [1.29, 1.82) is 0 Å². The Kier molecular flexibility index (Phi) is 6.75. The second-order valence-corrected chi connectivity index (χ2v) is 10.8. The SMILES string of the molecule is CSc1ccc([C@@H]2c3cccn3-c3c(c(C)nn3-c3ccccc3)CN2C(=O)NCc2ccc(C)cc2)cc1. The Balaban J connectivity index is 1.46. The Labute approximate surface area is 233 Å². The summed E-state index contributed by atoms with van der Waals surface area (Å²) in [6.45, 7) is 4.99. The van der Waals surface area contributed by atoms with Crippen LogP contribution in [0.1, 0.15) is 39.7 Å². The summed E-state index contributed by atoms with van der Waals surface area (Å²) < 4.78 is 4.19. The van der Waals surface area contributed by atoms with Gasteiger partial charge in [-0.25, -0.2) is 9.48 Å². The van der Waals surface area contributed by atoms with E-state index in [1.807, 2.05) is 40.8 Å². The van der Waals surface area contributed by atoms with Gasteiger partial charge in [0, 0.05) is 23.2 Å². The van der Waals surface area contributed by atoms with Gasteiger partial charge < -0.3 is 14.8 Å². The number of aryl methyl sites for hydroxylation is 2. The van der Waals surface area contributed by atoms with Gasteiger partial charge in [-0.15, -0.1) is 11.8 Å². The van der Waals surface area contributed by atoms with Crippen molar-refractivity contribution >= 4 is 17.8 Å². The number of hydrogen-bond acceptors (Lipinski definition) is 3. The maximum Gasteiger partial charge on any atom is 0.318 e. The fourth-order valence-corrected chi connectivity index (χ4v) is 5.68. The van der Waals surface area contributed by atoms with Gasteiger partial charge in [0.1, 0.15) is 5.82 Å². The number of amides is 2. The van der Waals surface area contributed by atoms with Gasteiger partial charge in [0.05, 0.1) is 29.7 Å². The van der Waals surface area contributed by atoms with E-state index in [1.54, 1.807) is 11.8 Å². The predicted octanol–water partition coefficient (Wildman–Crippen LogP) is 6.82. The summed E-state index contributed by atoms with van der Waals surface area (Å²) in [5, 5.41) is 8.13. The van der Waals surface area contributed by atoms with Crippen LogP contribution in [0.2, 0.25) is 0 Å². The molecule has 3 heterocycles. The summed E-state index contributed by atoms with van der Waals surface area (Å²) in [4.78, 5) is 17.1. The Morgan fingerprint density at radius 2 is 1.69 bits per heavy atom. The highest BCUT2D eigenvalue weighted by molar-refractivity contribution is 7.98. The molecule has 1 atom stereocenters. The zero-order valence-electron chi connectivity index (χ0n) is 22.3. The average molecular weight is 534 g/mol. The Bertz CT molecular complexity index is 1600. The number of nitrogens with zero attached hydrogens (tertiary/aromatic N) is 4. The smallest absolute Gasteiger partial charge is 0.318 e. The third-order valence-corrected chi connectivity index (χ3v) is 8.09. The quantitative estimate of drug-likeness (QED) is 0.252. The van der Waals surface area contributed by atoms with Crippen LogP contribution < -0.4 is 5.32 Å². The Hall–Kier alpha value is -4.23. The molecule has 2 amide bonds. The number of para-hydroxylation sites is 1. The van der Waals surface area contributed by atoms with Crippen LogP contribution in [0, 0.1) is 13.8 Å². The first-order valence-electron chi connectivity index (χ1n) is 13.1. The number of fused-ring (bicyclic) bond motifs is 3. The van der Waals surface area contributed by atoms with Crippen molar-refractivity contribution in [2.45, 2.75) is 37.9 Å². The number of thioether (sulfide) groups is 1. The van der Waals surface area contributed by atoms with Crippen LogP contribution in [0.15, 0.2) is 102 Å². The number of hydrogen-bond donors (Lipinski definition) is 1. The summed E-state index contributed by atoms with van der Waals surface area (Å²) in [7, 11) is 0.